The zero-order valence-corrected chi connectivity index (χ0v) is 24.3. The smallest absolute Gasteiger partial charge is 0.338 e. The highest BCUT2D eigenvalue weighted by molar-refractivity contribution is 7.92. The van der Waals surface area contributed by atoms with Crippen LogP contribution in [0.15, 0.2) is 59.5 Å². The normalized spacial score (nSPS) is 11.8. The number of aryl methyl sites for hydroxylation is 3. The van der Waals surface area contributed by atoms with E-state index in [0.29, 0.717) is 16.4 Å². The van der Waals surface area contributed by atoms with Crippen molar-refractivity contribution < 1.29 is 22.7 Å². The summed E-state index contributed by atoms with van der Waals surface area (Å²) in [5.41, 5.74) is 4.77. The molecule has 0 aliphatic heterocycles. The summed E-state index contributed by atoms with van der Waals surface area (Å²) in [6.45, 7) is 11.3. The first-order valence-electron chi connectivity index (χ1n) is 12.3. The Bertz CT molecular complexity index is 1670. The quantitative estimate of drug-likeness (QED) is 0.261. The topological polar surface area (TPSA) is 114 Å². The van der Waals surface area contributed by atoms with Crippen molar-refractivity contribution in [1.29, 1.82) is 0 Å². The van der Waals surface area contributed by atoms with E-state index in [-0.39, 0.29) is 15.9 Å². The molecule has 2 N–H and O–H groups in total. The number of amides is 1. The predicted molar refractivity (Wildman–Crippen MR) is 155 cm³/mol. The average Bonchev–Trinajstić information content (AvgIpc) is 3.24. The van der Waals surface area contributed by atoms with Gasteiger partial charge in [-0.1, -0.05) is 50.3 Å². The second-order valence-electron chi connectivity index (χ2n) is 10.5. The summed E-state index contributed by atoms with van der Waals surface area (Å²) in [4.78, 5) is 29.5. The minimum atomic E-state index is -3.85. The fourth-order valence-electron chi connectivity index (χ4n) is 4.03. The Morgan fingerprint density at radius 3 is 2.31 bits per heavy atom. The molecule has 0 radical (unpaired) electrons. The first kappa shape index (κ1) is 28.3. The minimum absolute atomic E-state index is 0.183. The lowest BCUT2D eigenvalue weighted by Gasteiger charge is -2.21. The molecule has 0 aliphatic carbocycles. The largest absolute Gasteiger partial charge is 0.452 e. The Morgan fingerprint density at radius 2 is 1.64 bits per heavy atom. The molecule has 8 nitrogen and oxygen atoms in total. The highest BCUT2D eigenvalue weighted by Gasteiger charge is 2.22. The molecule has 0 unspecified atom stereocenters. The number of esters is 1. The lowest BCUT2D eigenvalue weighted by atomic mass is 9.87. The number of ether oxygens (including phenoxy) is 1. The maximum absolute atomic E-state index is 13.1. The van der Waals surface area contributed by atoms with Crippen molar-refractivity contribution in [3.8, 4) is 0 Å². The van der Waals surface area contributed by atoms with Gasteiger partial charge < -0.3 is 4.74 Å². The highest BCUT2D eigenvalue weighted by atomic mass is 32.2. The molecular formula is C29H31N3O5S2. The van der Waals surface area contributed by atoms with Gasteiger partial charge in [-0.3, -0.25) is 14.8 Å². The van der Waals surface area contributed by atoms with Crippen molar-refractivity contribution in [3.63, 3.8) is 0 Å². The van der Waals surface area contributed by atoms with Crippen molar-refractivity contribution in [2.75, 3.05) is 16.6 Å². The molecule has 4 aromatic rings. The molecule has 0 saturated heterocycles. The molecule has 1 amide bonds. The highest BCUT2D eigenvalue weighted by Crippen LogP contribution is 2.30. The van der Waals surface area contributed by atoms with Crippen molar-refractivity contribution in [2.45, 2.75) is 51.9 Å². The molecule has 3 aromatic carbocycles. The molecule has 0 fully saturated rings. The van der Waals surface area contributed by atoms with E-state index >= 15 is 0 Å². The van der Waals surface area contributed by atoms with Crippen LogP contribution in [0.2, 0.25) is 0 Å². The van der Waals surface area contributed by atoms with Gasteiger partial charge in [-0.25, -0.2) is 18.2 Å². The summed E-state index contributed by atoms with van der Waals surface area (Å²) < 4.78 is 34.8. The molecule has 0 bridgehead atoms. The number of fused-ring (bicyclic) bond motifs is 1. The Hall–Kier alpha value is -3.76. The third kappa shape index (κ3) is 6.63. The van der Waals surface area contributed by atoms with E-state index in [1.54, 1.807) is 19.1 Å². The van der Waals surface area contributed by atoms with E-state index in [1.807, 2.05) is 52.8 Å². The lowest BCUT2D eigenvalue weighted by Crippen LogP contribution is -2.21. The van der Waals surface area contributed by atoms with Gasteiger partial charge in [0.15, 0.2) is 11.7 Å². The SMILES string of the molecule is Cc1cc(C)c2nc(NC(=O)COC(=O)c3ccc(NS(=O)(=O)c4cc(C(C)(C)C)ccc4C)cc3)sc2c1. The van der Waals surface area contributed by atoms with Crippen molar-refractivity contribution in [2.24, 2.45) is 0 Å². The van der Waals surface area contributed by atoms with Crippen LogP contribution < -0.4 is 10.0 Å². The fourth-order valence-corrected chi connectivity index (χ4v) is 6.42. The van der Waals surface area contributed by atoms with Crippen LogP contribution >= 0.6 is 11.3 Å². The van der Waals surface area contributed by atoms with E-state index in [1.165, 1.54) is 35.6 Å². The van der Waals surface area contributed by atoms with Crippen molar-refractivity contribution in [1.82, 2.24) is 4.98 Å². The number of benzene rings is 3. The molecule has 0 atom stereocenters. The minimum Gasteiger partial charge on any atom is -0.452 e. The number of hydrogen-bond acceptors (Lipinski definition) is 7. The molecule has 4 rings (SSSR count). The van der Waals surface area contributed by atoms with Gasteiger partial charge in [0.1, 0.15) is 0 Å². The van der Waals surface area contributed by atoms with Crippen LogP contribution in [0.5, 0.6) is 0 Å². The molecule has 39 heavy (non-hydrogen) atoms. The van der Waals surface area contributed by atoms with Crippen LogP contribution in [0, 0.1) is 20.8 Å². The molecule has 0 saturated carbocycles. The van der Waals surface area contributed by atoms with Crippen LogP contribution in [0.25, 0.3) is 10.2 Å². The van der Waals surface area contributed by atoms with Gasteiger partial charge in [-0.2, -0.15) is 0 Å². The molecular weight excluding hydrogens is 534 g/mol. The second-order valence-corrected chi connectivity index (χ2v) is 13.2. The molecule has 0 spiro atoms. The maximum Gasteiger partial charge on any atom is 0.338 e. The summed E-state index contributed by atoms with van der Waals surface area (Å²) in [5, 5.41) is 3.10. The fraction of sp³-hybridized carbons (Fsp3) is 0.276. The third-order valence-corrected chi connectivity index (χ3v) is 8.57. The second kappa shape index (κ2) is 10.8. The number of thiazole rings is 1. The number of carbonyl (C=O) groups excluding carboxylic acids is 2. The summed E-state index contributed by atoms with van der Waals surface area (Å²) in [5.74, 6) is -1.21. The van der Waals surface area contributed by atoms with Crippen molar-refractivity contribution in [3.05, 3.63) is 82.4 Å². The monoisotopic (exact) mass is 565 g/mol. The van der Waals surface area contributed by atoms with Crippen LogP contribution in [-0.4, -0.2) is 31.9 Å². The van der Waals surface area contributed by atoms with Crippen LogP contribution in [0.1, 0.15) is 53.4 Å². The lowest BCUT2D eigenvalue weighted by molar-refractivity contribution is -0.119. The van der Waals surface area contributed by atoms with Gasteiger partial charge in [0, 0.05) is 5.69 Å². The first-order valence-corrected chi connectivity index (χ1v) is 14.6. The Morgan fingerprint density at radius 1 is 0.949 bits per heavy atom. The van der Waals surface area contributed by atoms with E-state index in [2.05, 4.69) is 15.0 Å². The van der Waals surface area contributed by atoms with Gasteiger partial charge in [0.25, 0.3) is 15.9 Å². The zero-order valence-electron chi connectivity index (χ0n) is 22.7. The first-order chi connectivity index (χ1) is 18.2. The third-order valence-electron chi connectivity index (χ3n) is 6.13. The molecule has 204 valence electrons. The maximum atomic E-state index is 13.1. The van der Waals surface area contributed by atoms with E-state index in [4.69, 9.17) is 4.74 Å². The van der Waals surface area contributed by atoms with Gasteiger partial charge in [0.2, 0.25) is 0 Å². The summed E-state index contributed by atoms with van der Waals surface area (Å²) in [7, 11) is -3.85. The van der Waals surface area contributed by atoms with Crippen LogP contribution in [0.3, 0.4) is 0 Å². The summed E-state index contributed by atoms with van der Waals surface area (Å²) in [6, 6.07) is 15.3. The number of anilines is 2. The number of sulfonamides is 1. The van der Waals surface area contributed by atoms with Gasteiger partial charge in [0.05, 0.1) is 20.7 Å². The van der Waals surface area contributed by atoms with E-state index in [0.717, 1.165) is 26.9 Å². The van der Waals surface area contributed by atoms with Gasteiger partial charge in [-0.15, -0.1) is 0 Å². The number of hydrogen-bond donors (Lipinski definition) is 2. The standard InChI is InChI=1S/C29H31N3O5S2/c1-17-13-19(3)26-23(14-17)38-28(31-26)30-25(33)16-37-27(34)20-8-11-22(12-9-20)32-39(35,36)24-15-21(29(4,5)6)10-7-18(24)2/h7-15,32H,16H2,1-6H3,(H,30,31,33). The van der Waals surface area contributed by atoms with E-state index < -0.39 is 28.5 Å². The molecule has 0 aliphatic rings. The summed E-state index contributed by atoms with van der Waals surface area (Å²) in [6.07, 6.45) is 0. The van der Waals surface area contributed by atoms with Gasteiger partial charge in [-0.05, 0) is 84.8 Å². The summed E-state index contributed by atoms with van der Waals surface area (Å²) >= 11 is 1.35. The number of rotatable bonds is 7. The number of nitrogens with zero attached hydrogens (tertiary/aromatic N) is 1. The Kier molecular flexibility index (Phi) is 7.81. The molecule has 1 heterocycles. The molecule has 10 heteroatoms. The predicted octanol–water partition coefficient (Wildman–Crippen LogP) is 6.12. The average molecular weight is 566 g/mol. The van der Waals surface area contributed by atoms with Gasteiger partial charge >= 0.3 is 5.97 Å². The Labute approximate surface area is 232 Å². The number of aromatic nitrogens is 1. The molecule has 1 aromatic heterocycles. The zero-order chi connectivity index (χ0) is 28.5. The number of nitrogens with one attached hydrogen (secondary N) is 2. The van der Waals surface area contributed by atoms with Crippen LogP contribution in [0.4, 0.5) is 10.8 Å². The van der Waals surface area contributed by atoms with Crippen LogP contribution in [-0.2, 0) is 25.0 Å². The number of carbonyl (C=O) groups is 2. The van der Waals surface area contributed by atoms with E-state index in [9.17, 15) is 18.0 Å². The van der Waals surface area contributed by atoms with Crippen molar-refractivity contribution >= 4 is 54.3 Å². The Balaban J connectivity index is 1.37.